The Morgan fingerprint density at radius 3 is 2.67 bits per heavy atom. The summed E-state index contributed by atoms with van der Waals surface area (Å²) >= 11 is 6.46. The summed E-state index contributed by atoms with van der Waals surface area (Å²) in [7, 11) is 3.49. The maximum Gasteiger partial charge on any atom is 0.139 e. The fourth-order valence-corrected chi connectivity index (χ4v) is 2.77. The number of hydrogen-bond donors (Lipinski definition) is 0. The standard InChI is InChI=1S/C17H19ClN4O2/c1-10(2)24-14-7-11(8-15-21-19-9-22(15)3)20-17-12(14)5-6-13(23-4)16(17)18/h5-7,9-10H,8H2,1-4H3. The number of halogens is 1. The second kappa shape index (κ2) is 6.65. The molecule has 2 aromatic heterocycles. The summed E-state index contributed by atoms with van der Waals surface area (Å²) in [6.07, 6.45) is 2.24. The number of benzene rings is 1. The largest absolute Gasteiger partial charge is 0.495 e. The van der Waals surface area contributed by atoms with E-state index in [4.69, 9.17) is 26.1 Å². The summed E-state index contributed by atoms with van der Waals surface area (Å²) in [6.45, 7) is 3.97. The molecule has 0 spiro atoms. The number of fused-ring (bicyclic) bond motifs is 1. The lowest BCUT2D eigenvalue weighted by molar-refractivity contribution is 0.245. The van der Waals surface area contributed by atoms with E-state index in [-0.39, 0.29) is 6.10 Å². The van der Waals surface area contributed by atoms with Crippen molar-refractivity contribution >= 4 is 22.5 Å². The minimum Gasteiger partial charge on any atom is -0.495 e. The summed E-state index contributed by atoms with van der Waals surface area (Å²) < 4.78 is 13.1. The van der Waals surface area contributed by atoms with Gasteiger partial charge in [0.1, 0.15) is 28.7 Å². The van der Waals surface area contributed by atoms with Gasteiger partial charge >= 0.3 is 0 Å². The molecule has 0 amide bonds. The lowest BCUT2D eigenvalue weighted by Gasteiger charge is -2.15. The number of pyridine rings is 1. The molecular formula is C17H19ClN4O2. The van der Waals surface area contributed by atoms with Crippen molar-refractivity contribution in [3.8, 4) is 11.5 Å². The van der Waals surface area contributed by atoms with Gasteiger partial charge in [-0.1, -0.05) is 11.6 Å². The van der Waals surface area contributed by atoms with Crippen LogP contribution in [0.25, 0.3) is 10.9 Å². The molecule has 24 heavy (non-hydrogen) atoms. The fraction of sp³-hybridized carbons (Fsp3) is 0.353. The molecule has 0 N–H and O–H groups in total. The highest BCUT2D eigenvalue weighted by atomic mass is 35.5. The number of methoxy groups -OCH3 is 1. The third kappa shape index (κ3) is 3.14. The SMILES string of the molecule is COc1ccc2c(OC(C)C)cc(Cc3nncn3C)nc2c1Cl. The van der Waals surface area contributed by atoms with Crippen LogP contribution in [0.4, 0.5) is 0 Å². The van der Waals surface area contributed by atoms with Crippen molar-refractivity contribution in [3.05, 3.63) is 41.1 Å². The maximum atomic E-state index is 6.46. The van der Waals surface area contributed by atoms with Crippen molar-refractivity contribution in [2.75, 3.05) is 7.11 Å². The summed E-state index contributed by atoms with van der Waals surface area (Å²) in [4.78, 5) is 4.69. The molecule has 6 nitrogen and oxygen atoms in total. The summed E-state index contributed by atoms with van der Waals surface area (Å²) in [6, 6.07) is 5.67. The van der Waals surface area contributed by atoms with E-state index in [2.05, 4.69) is 10.2 Å². The van der Waals surface area contributed by atoms with Gasteiger partial charge in [0.25, 0.3) is 0 Å². The lowest BCUT2D eigenvalue weighted by Crippen LogP contribution is -2.08. The molecule has 0 unspecified atom stereocenters. The van der Waals surface area contributed by atoms with Crippen LogP contribution in [0.15, 0.2) is 24.5 Å². The fourth-order valence-electron chi connectivity index (χ4n) is 2.49. The number of aromatic nitrogens is 4. The molecule has 7 heteroatoms. The molecule has 0 aliphatic carbocycles. The van der Waals surface area contributed by atoms with Gasteiger partial charge in [-0.2, -0.15) is 0 Å². The molecule has 0 fully saturated rings. The van der Waals surface area contributed by atoms with Crippen LogP contribution in [0.2, 0.25) is 5.02 Å². The first-order valence-electron chi connectivity index (χ1n) is 7.65. The molecule has 0 aliphatic heterocycles. The average Bonchev–Trinajstić information content (AvgIpc) is 2.93. The van der Waals surface area contributed by atoms with Crippen molar-refractivity contribution in [2.45, 2.75) is 26.4 Å². The molecule has 1 aromatic carbocycles. The molecule has 0 bridgehead atoms. The van der Waals surface area contributed by atoms with Gasteiger partial charge in [0, 0.05) is 18.5 Å². The summed E-state index contributed by atoms with van der Waals surface area (Å²) in [5, 5.41) is 9.35. The van der Waals surface area contributed by atoms with Gasteiger partial charge in [0.15, 0.2) is 0 Å². The van der Waals surface area contributed by atoms with Crippen molar-refractivity contribution in [2.24, 2.45) is 7.05 Å². The Balaban J connectivity index is 2.15. The van der Waals surface area contributed by atoms with E-state index in [1.165, 1.54) is 0 Å². The van der Waals surface area contributed by atoms with Crippen LogP contribution in [0.3, 0.4) is 0 Å². The molecule has 126 valence electrons. The van der Waals surface area contributed by atoms with E-state index in [0.717, 1.165) is 22.7 Å². The second-order valence-corrected chi connectivity index (χ2v) is 6.17. The second-order valence-electron chi connectivity index (χ2n) is 5.79. The monoisotopic (exact) mass is 346 g/mol. The van der Waals surface area contributed by atoms with Gasteiger partial charge in [0.2, 0.25) is 0 Å². The minimum absolute atomic E-state index is 0.0409. The number of nitrogens with zero attached hydrogens (tertiary/aromatic N) is 4. The third-order valence-corrected chi connectivity index (χ3v) is 3.99. The van der Waals surface area contributed by atoms with Crippen LogP contribution in [0.1, 0.15) is 25.4 Å². The molecule has 2 heterocycles. The highest BCUT2D eigenvalue weighted by Crippen LogP contribution is 2.36. The Bertz CT molecular complexity index is 876. The van der Waals surface area contributed by atoms with E-state index >= 15 is 0 Å². The Labute approximate surface area is 145 Å². The Hall–Kier alpha value is -2.34. The molecule has 0 saturated heterocycles. The Morgan fingerprint density at radius 1 is 1.25 bits per heavy atom. The highest BCUT2D eigenvalue weighted by molar-refractivity contribution is 6.36. The van der Waals surface area contributed by atoms with Crippen LogP contribution < -0.4 is 9.47 Å². The summed E-state index contributed by atoms with van der Waals surface area (Å²) in [5.74, 6) is 2.15. The normalized spacial score (nSPS) is 11.2. The third-order valence-electron chi connectivity index (χ3n) is 3.63. The Kier molecular flexibility index (Phi) is 4.57. The molecular weight excluding hydrogens is 328 g/mol. The quantitative estimate of drug-likeness (QED) is 0.708. The zero-order chi connectivity index (χ0) is 17.3. The van der Waals surface area contributed by atoms with Crippen molar-refractivity contribution < 1.29 is 9.47 Å². The van der Waals surface area contributed by atoms with Crippen LogP contribution >= 0.6 is 11.6 Å². The van der Waals surface area contributed by atoms with E-state index < -0.39 is 0 Å². The van der Waals surface area contributed by atoms with Gasteiger partial charge in [-0.25, -0.2) is 0 Å². The minimum atomic E-state index is 0.0409. The maximum absolute atomic E-state index is 6.46. The Morgan fingerprint density at radius 2 is 2.04 bits per heavy atom. The predicted molar refractivity (Wildman–Crippen MR) is 92.9 cm³/mol. The lowest BCUT2D eigenvalue weighted by atomic mass is 10.1. The van der Waals surface area contributed by atoms with E-state index in [1.54, 1.807) is 13.4 Å². The van der Waals surface area contributed by atoms with Crippen molar-refractivity contribution in [1.29, 1.82) is 0 Å². The summed E-state index contributed by atoms with van der Waals surface area (Å²) in [5.41, 5.74) is 1.47. The molecule has 3 aromatic rings. The van der Waals surface area contributed by atoms with Crippen LogP contribution in [0.5, 0.6) is 11.5 Å². The number of aryl methyl sites for hydroxylation is 1. The van der Waals surface area contributed by atoms with Gasteiger partial charge in [-0.15, -0.1) is 10.2 Å². The molecule has 3 rings (SSSR count). The number of rotatable bonds is 5. The van der Waals surface area contributed by atoms with Crippen LogP contribution in [-0.2, 0) is 13.5 Å². The van der Waals surface area contributed by atoms with E-state index in [0.29, 0.717) is 22.7 Å². The molecule has 0 atom stereocenters. The smallest absolute Gasteiger partial charge is 0.139 e. The van der Waals surface area contributed by atoms with Crippen molar-refractivity contribution in [1.82, 2.24) is 19.7 Å². The zero-order valence-corrected chi connectivity index (χ0v) is 14.8. The molecule has 0 saturated carbocycles. The molecule has 0 radical (unpaired) electrons. The van der Waals surface area contributed by atoms with Crippen LogP contribution in [-0.4, -0.2) is 33.0 Å². The van der Waals surface area contributed by atoms with Gasteiger partial charge in [0.05, 0.1) is 30.8 Å². The first-order valence-corrected chi connectivity index (χ1v) is 8.03. The number of hydrogen-bond acceptors (Lipinski definition) is 5. The first kappa shape index (κ1) is 16.5. The highest BCUT2D eigenvalue weighted by Gasteiger charge is 2.15. The van der Waals surface area contributed by atoms with Crippen LogP contribution in [0, 0.1) is 0 Å². The molecule has 0 aliphatic rings. The van der Waals surface area contributed by atoms with Crippen molar-refractivity contribution in [3.63, 3.8) is 0 Å². The zero-order valence-electron chi connectivity index (χ0n) is 14.1. The first-order chi connectivity index (χ1) is 11.5. The number of ether oxygens (including phenoxy) is 2. The average molecular weight is 347 g/mol. The van der Waals surface area contributed by atoms with Gasteiger partial charge in [-0.3, -0.25) is 4.98 Å². The van der Waals surface area contributed by atoms with Gasteiger partial charge in [-0.05, 0) is 26.0 Å². The van der Waals surface area contributed by atoms with Gasteiger partial charge < -0.3 is 14.0 Å². The van der Waals surface area contributed by atoms with E-state index in [1.807, 2.05) is 43.7 Å². The topological polar surface area (TPSA) is 62.1 Å². The predicted octanol–water partition coefficient (Wildman–Crippen LogP) is 3.40. The van der Waals surface area contributed by atoms with E-state index in [9.17, 15) is 0 Å².